The van der Waals surface area contributed by atoms with Crippen molar-refractivity contribution in [2.45, 2.75) is 58.0 Å². The number of carbonyl (C=O) groups excluding carboxylic acids is 1. The maximum absolute atomic E-state index is 13.0. The molecule has 3 rings (SSSR count). The van der Waals surface area contributed by atoms with Crippen molar-refractivity contribution in [2.24, 2.45) is 5.41 Å². The van der Waals surface area contributed by atoms with E-state index in [0.29, 0.717) is 24.9 Å². The second kappa shape index (κ2) is 8.10. The van der Waals surface area contributed by atoms with Gasteiger partial charge in [-0.05, 0) is 56.0 Å². The summed E-state index contributed by atoms with van der Waals surface area (Å²) in [5.74, 6) is -0.0646. The van der Waals surface area contributed by atoms with Crippen LogP contribution in [-0.2, 0) is 11.2 Å². The van der Waals surface area contributed by atoms with Gasteiger partial charge in [0.25, 0.3) is 5.91 Å². The fourth-order valence-corrected chi connectivity index (χ4v) is 4.69. The molecule has 0 radical (unpaired) electrons. The second-order valence-electron chi connectivity index (χ2n) is 8.33. The molecule has 1 N–H and O–H groups in total. The molecule has 0 saturated carbocycles. The van der Waals surface area contributed by atoms with E-state index in [0.717, 1.165) is 32.5 Å². The molecule has 0 aliphatic carbocycles. The summed E-state index contributed by atoms with van der Waals surface area (Å²) in [6.45, 7) is 8.49. The summed E-state index contributed by atoms with van der Waals surface area (Å²) in [4.78, 5) is 17.2. The lowest BCUT2D eigenvalue weighted by atomic mass is 9.82. The maximum atomic E-state index is 13.0. The number of piperidine rings is 1. The molecular weight excluding hydrogens is 324 g/mol. The molecule has 2 aliphatic heterocycles. The average molecular weight is 359 g/mol. The van der Waals surface area contributed by atoms with Gasteiger partial charge in [0.15, 0.2) is 5.60 Å². The highest BCUT2D eigenvalue weighted by atomic mass is 16.3. The van der Waals surface area contributed by atoms with Crippen LogP contribution in [0, 0.1) is 5.41 Å². The molecule has 4 nitrogen and oxygen atoms in total. The van der Waals surface area contributed by atoms with Gasteiger partial charge in [-0.25, -0.2) is 0 Å². The molecule has 4 heteroatoms. The van der Waals surface area contributed by atoms with E-state index in [1.165, 1.54) is 24.8 Å². The zero-order valence-corrected chi connectivity index (χ0v) is 16.4. The molecule has 0 unspecified atom stereocenters. The van der Waals surface area contributed by atoms with Crippen molar-refractivity contribution >= 4 is 5.91 Å². The minimum absolute atomic E-state index is 0.0646. The molecule has 2 heterocycles. The smallest absolute Gasteiger partial charge is 0.255 e. The van der Waals surface area contributed by atoms with Gasteiger partial charge in [0.2, 0.25) is 0 Å². The van der Waals surface area contributed by atoms with Crippen molar-refractivity contribution in [1.82, 2.24) is 9.80 Å². The molecule has 2 fully saturated rings. The number of hydrogen-bond acceptors (Lipinski definition) is 3. The summed E-state index contributed by atoms with van der Waals surface area (Å²) in [5.41, 5.74) is 0.415. The molecule has 0 bridgehead atoms. The van der Waals surface area contributed by atoms with Gasteiger partial charge in [0, 0.05) is 26.2 Å². The highest BCUT2D eigenvalue weighted by Crippen LogP contribution is 2.38. The summed E-state index contributed by atoms with van der Waals surface area (Å²) in [6.07, 6.45) is 5.86. The summed E-state index contributed by atoms with van der Waals surface area (Å²) in [7, 11) is 0. The predicted molar refractivity (Wildman–Crippen MR) is 105 cm³/mol. The van der Waals surface area contributed by atoms with Gasteiger partial charge in [-0.1, -0.05) is 44.2 Å². The molecule has 144 valence electrons. The van der Waals surface area contributed by atoms with E-state index in [2.05, 4.69) is 30.9 Å². The Morgan fingerprint density at radius 1 is 1.08 bits per heavy atom. The highest BCUT2D eigenvalue weighted by Gasteiger charge is 2.45. The van der Waals surface area contributed by atoms with Gasteiger partial charge in [0.1, 0.15) is 0 Å². The lowest BCUT2D eigenvalue weighted by molar-refractivity contribution is -0.159. The first kappa shape index (κ1) is 19.4. The van der Waals surface area contributed by atoms with Crippen molar-refractivity contribution in [2.75, 3.05) is 32.7 Å². The van der Waals surface area contributed by atoms with Crippen LogP contribution in [0.25, 0.3) is 0 Å². The first-order chi connectivity index (χ1) is 12.5. The lowest BCUT2D eigenvalue weighted by Gasteiger charge is -2.40. The molecule has 2 aliphatic rings. The van der Waals surface area contributed by atoms with E-state index in [1.54, 1.807) is 0 Å². The van der Waals surface area contributed by atoms with Gasteiger partial charge >= 0.3 is 0 Å². The third-order valence-electron chi connectivity index (χ3n) is 6.72. The molecule has 1 aromatic carbocycles. The fourth-order valence-electron chi connectivity index (χ4n) is 4.69. The first-order valence-electron chi connectivity index (χ1n) is 10.3. The van der Waals surface area contributed by atoms with Crippen LogP contribution in [0.5, 0.6) is 0 Å². The summed E-state index contributed by atoms with van der Waals surface area (Å²) in [5, 5.41) is 11.2. The number of β-amino-alcohol motifs (C(OH)–C–C–N with tert-alkyl or cyclic N) is 1. The van der Waals surface area contributed by atoms with Crippen LogP contribution in [0.4, 0.5) is 0 Å². The fraction of sp³-hybridized carbons (Fsp3) is 0.682. The Balaban J connectivity index is 1.59. The van der Waals surface area contributed by atoms with Crippen LogP contribution >= 0.6 is 0 Å². The van der Waals surface area contributed by atoms with Crippen LogP contribution < -0.4 is 0 Å². The summed E-state index contributed by atoms with van der Waals surface area (Å²) < 4.78 is 0. The normalized spacial score (nSPS) is 26.4. The number of aliphatic hydroxyl groups is 1. The second-order valence-corrected chi connectivity index (χ2v) is 8.33. The van der Waals surface area contributed by atoms with Crippen molar-refractivity contribution in [3.63, 3.8) is 0 Å². The Kier molecular flexibility index (Phi) is 6.03. The van der Waals surface area contributed by atoms with Gasteiger partial charge < -0.3 is 10.0 Å². The number of hydrogen-bond donors (Lipinski definition) is 1. The Morgan fingerprint density at radius 3 is 2.46 bits per heavy atom. The molecule has 26 heavy (non-hydrogen) atoms. The number of rotatable bonds is 7. The Bertz CT molecular complexity index is 599. The zero-order valence-electron chi connectivity index (χ0n) is 16.4. The standard InChI is InChI=1S/C22H34N2O2/c1-3-21(4-2)13-16-23(17-21)18-22(26)12-8-14-24(20(22)25)15-11-19-9-6-5-7-10-19/h5-7,9-10,26H,3-4,8,11-18H2,1-2H3/t22-/m1/s1. The number of nitrogens with zero attached hydrogens (tertiary/aromatic N) is 2. The molecule has 0 aromatic heterocycles. The molecule has 1 atom stereocenters. The topological polar surface area (TPSA) is 43.8 Å². The highest BCUT2D eigenvalue weighted by molar-refractivity contribution is 5.86. The molecule has 1 amide bonds. The third kappa shape index (κ3) is 4.12. The van der Waals surface area contributed by atoms with Crippen LogP contribution in [0.3, 0.4) is 0 Å². The number of carbonyl (C=O) groups is 1. The molecule has 2 saturated heterocycles. The minimum Gasteiger partial charge on any atom is -0.379 e. The van der Waals surface area contributed by atoms with E-state index in [4.69, 9.17) is 0 Å². The number of benzene rings is 1. The van der Waals surface area contributed by atoms with E-state index in [-0.39, 0.29) is 5.91 Å². The minimum atomic E-state index is -1.20. The number of likely N-dealkylation sites (tertiary alicyclic amines) is 2. The zero-order chi connectivity index (χ0) is 18.6. The van der Waals surface area contributed by atoms with Gasteiger partial charge in [0.05, 0.1) is 0 Å². The molecular formula is C22H34N2O2. The number of amides is 1. The summed E-state index contributed by atoms with van der Waals surface area (Å²) in [6, 6.07) is 10.3. The van der Waals surface area contributed by atoms with Crippen molar-refractivity contribution < 1.29 is 9.90 Å². The van der Waals surface area contributed by atoms with E-state index < -0.39 is 5.60 Å². The predicted octanol–water partition coefficient (Wildman–Crippen LogP) is 3.09. The maximum Gasteiger partial charge on any atom is 0.255 e. The third-order valence-corrected chi connectivity index (χ3v) is 6.72. The van der Waals surface area contributed by atoms with Crippen molar-refractivity contribution in [3.05, 3.63) is 35.9 Å². The SMILES string of the molecule is CCC1(CC)CCN(C[C@]2(O)CCCN(CCc3ccccc3)C2=O)C1. The Morgan fingerprint density at radius 2 is 1.81 bits per heavy atom. The Labute approximate surface area is 158 Å². The summed E-state index contributed by atoms with van der Waals surface area (Å²) >= 11 is 0. The van der Waals surface area contributed by atoms with Crippen molar-refractivity contribution in [1.29, 1.82) is 0 Å². The lowest BCUT2D eigenvalue weighted by Crippen LogP contribution is -2.58. The van der Waals surface area contributed by atoms with E-state index in [9.17, 15) is 9.90 Å². The van der Waals surface area contributed by atoms with Crippen molar-refractivity contribution in [3.8, 4) is 0 Å². The monoisotopic (exact) mass is 358 g/mol. The largest absolute Gasteiger partial charge is 0.379 e. The molecule has 0 spiro atoms. The van der Waals surface area contributed by atoms with Crippen LogP contribution in [0.2, 0.25) is 0 Å². The first-order valence-corrected chi connectivity index (χ1v) is 10.3. The van der Waals surface area contributed by atoms with Crippen LogP contribution in [-0.4, -0.2) is 59.1 Å². The van der Waals surface area contributed by atoms with Crippen LogP contribution in [0.15, 0.2) is 30.3 Å². The molecule has 1 aromatic rings. The average Bonchev–Trinajstić information content (AvgIpc) is 3.07. The van der Waals surface area contributed by atoms with Gasteiger partial charge in [-0.3, -0.25) is 9.69 Å². The van der Waals surface area contributed by atoms with E-state index >= 15 is 0 Å². The van der Waals surface area contributed by atoms with Gasteiger partial charge in [-0.2, -0.15) is 0 Å². The van der Waals surface area contributed by atoms with E-state index in [1.807, 2.05) is 23.1 Å². The quantitative estimate of drug-likeness (QED) is 0.814. The Hall–Kier alpha value is -1.39. The van der Waals surface area contributed by atoms with Gasteiger partial charge in [-0.15, -0.1) is 0 Å². The van der Waals surface area contributed by atoms with Crippen LogP contribution in [0.1, 0.15) is 51.5 Å².